The van der Waals surface area contributed by atoms with Crippen LogP contribution in [-0.4, -0.2) is 40.7 Å². The van der Waals surface area contributed by atoms with Gasteiger partial charge in [-0.05, 0) is 57.2 Å². The molecule has 0 saturated carbocycles. The van der Waals surface area contributed by atoms with E-state index in [4.69, 9.17) is 0 Å². The van der Waals surface area contributed by atoms with Gasteiger partial charge in [-0.25, -0.2) is 9.18 Å². The molecule has 0 radical (unpaired) electrons. The lowest BCUT2D eigenvalue weighted by Crippen LogP contribution is -2.44. The highest BCUT2D eigenvalue weighted by Crippen LogP contribution is 2.29. The molecule has 1 aromatic carbocycles. The third-order valence-electron chi connectivity index (χ3n) is 5.22. The van der Waals surface area contributed by atoms with E-state index in [1.165, 1.54) is 24.3 Å². The zero-order valence-electron chi connectivity index (χ0n) is 15.6. The highest BCUT2D eigenvalue weighted by Gasteiger charge is 2.49. The van der Waals surface area contributed by atoms with Gasteiger partial charge in [0.15, 0.2) is 0 Å². The van der Waals surface area contributed by atoms with Gasteiger partial charge in [0.25, 0.3) is 5.91 Å². The average Bonchev–Trinajstić information content (AvgIpc) is 2.88. The topological polar surface area (TPSA) is 69.7 Å². The van der Waals surface area contributed by atoms with Gasteiger partial charge in [-0.15, -0.1) is 0 Å². The maximum atomic E-state index is 13.2. The van der Waals surface area contributed by atoms with E-state index in [0.717, 1.165) is 36.3 Å². The van der Waals surface area contributed by atoms with Gasteiger partial charge in [-0.3, -0.25) is 14.5 Å². The standard InChI is InChI=1S/C20H24FN3O3/c1-3-23(16-7-5-4-6-8-16)17(25)13-24-18(26)20(2,22-19(24)27)14-9-11-15(21)12-10-14/h7,9-12H,3-6,8,13H2,1-2H3,(H,22,27). The van der Waals surface area contributed by atoms with Crippen molar-refractivity contribution in [3.8, 4) is 0 Å². The summed E-state index contributed by atoms with van der Waals surface area (Å²) in [5, 5.41) is 2.64. The van der Waals surface area contributed by atoms with Crippen molar-refractivity contribution in [1.82, 2.24) is 15.1 Å². The minimum atomic E-state index is -1.31. The number of rotatable bonds is 5. The number of nitrogens with zero attached hydrogens (tertiary/aromatic N) is 2. The number of allylic oxidation sites excluding steroid dienone is 2. The second-order valence-corrected chi connectivity index (χ2v) is 7.03. The summed E-state index contributed by atoms with van der Waals surface area (Å²) in [6.45, 7) is 3.62. The fraction of sp³-hybridized carbons (Fsp3) is 0.450. The Labute approximate surface area is 158 Å². The molecule has 1 fully saturated rings. The van der Waals surface area contributed by atoms with E-state index in [-0.39, 0.29) is 12.5 Å². The van der Waals surface area contributed by atoms with Crippen LogP contribution in [-0.2, 0) is 15.1 Å². The van der Waals surface area contributed by atoms with Crippen LogP contribution < -0.4 is 5.32 Å². The summed E-state index contributed by atoms with van der Waals surface area (Å²) in [5.41, 5.74) is 0.119. The van der Waals surface area contributed by atoms with Gasteiger partial charge in [-0.1, -0.05) is 18.2 Å². The second kappa shape index (κ2) is 7.50. The van der Waals surface area contributed by atoms with Gasteiger partial charge >= 0.3 is 6.03 Å². The van der Waals surface area contributed by atoms with Crippen LogP contribution in [0.15, 0.2) is 36.0 Å². The summed E-state index contributed by atoms with van der Waals surface area (Å²) in [7, 11) is 0. The third-order valence-corrected chi connectivity index (χ3v) is 5.22. The molecule has 0 aromatic heterocycles. The molecule has 1 aromatic rings. The number of amides is 4. The number of likely N-dealkylation sites (N-methyl/N-ethyl adjacent to an activating group) is 1. The summed E-state index contributed by atoms with van der Waals surface area (Å²) in [6, 6.07) is 4.78. The molecule has 1 N–H and O–H groups in total. The largest absolute Gasteiger partial charge is 0.325 e. The number of imide groups is 1. The van der Waals surface area contributed by atoms with E-state index in [0.29, 0.717) is 12.1 Å². The van der Waals surface area contributed by atoms with Gasteiger partial charge in [0.2, 0.25) is 5.91 Å². The summed E-state index contributed by atoms with van der Waals surface area (Å²) >= 11 is 0. The number of nitrogens with one attached hydrogen (secondary N) is 1. The molecule has 3 rings (SSSR count). The number of hydrogen-bond donors (Lipinski definition) is 1. The number of urea groups is 1. The van der Waals surface area contributed by atoms with Gasteiger partial charge in [0.1, 0.15) is 17.9 Å². The first-order chi connectivity index (χ1) is 12.9. The van der Waals surface area contributed by atoms with Crippen molar-refractivity contribution in [1.29, 1.82) is 0 Å². The SMILES string of the molecule is CCN(C(=O)CN1C(=O)NC(C)(c2ccc(F)cc2)C1=O)C1=CCCCC1. The molecule has 1 unspecified atom stereocenters. The van der Waals surface area contributed by atoms with Crippen LogP contribution in [0.25, 0.3) is 0 Å². The number of carbonyl (C=O) groups is 3. The molecular formula is C20H24FN3O3. The Hall–Kier alpha value is -2.70. The molecule has 0 spiro atoms. The van der Waals surface area contributed by atoms with Gasteiger partial charge < -0.3 is 10.2 Å². The number of benzene rings is 1. The van der Waals surface area contributed by atoms with Crippen LogP contribution in [0, 0.1) is 5.82 Å². The lowest BCUT2D eigenvalue weighted by molar-refractivity contribution is -0.138. The number of halogens is 1. The van der Waals surface area contributed by atoms with E-state index < -0.39 is 23.3 Å². The van der Waals surface area contributed by atoms with Crippen LogP contribution in [0.2, 0.25) is 0 Å². The van der Waals surface area contributed by atoms with Crippen molar-refractivity contribution in [3.63, 3.8) is 0 Å². The van der Waals surface area contributed by atoms with Crippen LogP contribution in [0.4, 0.5) is 9.18 Å². The van der Waals surface area contributed by atoms with Crippen LogP contribution in [0.1, 0.15) is 45.1 Å². The molecule has 7 heteroatoms. The average molecular weight is 373 g/mol. The van der Waals surface area contributed by atoms with Crippen molar-refractivity contribution < 1.29 is 18.8 Å². The zero-order valence-corrected chi connectivity index (χ0v) is 15.6. The Morgan fingerprint density at radius 2 is 1.96 bits per heavy atom. The van der Waals surface area contributed by atoms with Crippen LogP contribution in [0.3, 0.4) is 0 Å². The Kier molecular flexibility index (Phi) is 5.30. The molecule has 0 bridgehead atoms. The molecule has 1 heterocycles. The minimum Gasteiger partial charge on any atom is -0.319 e. The van der Waals surface area contributed by atoms with Gasteiger partial charge in [0.05, 0.1) is 0 Å². The van der Waals surface area contributed by atoms with Gasteiger partial charge in [-0.2, -0.15) is 0 Å². The number of hydrogen-bond acceptors (Lipinski definition) is 3. The van der Waals surface area contributed by atoms with Crippen molar-refractivity contribution in [2.75, 3.05) is 13.1 Å². The molecule has 1 atom stereocenters. The molecule has 1 saturated heterocycles. The fourth-order valence-corrected chi connectivity index (χ4v) is 3.65. The van der Waals surface area contributed by atoms with Gasteiger partial charge in [0, 0.05) is 12.2 Å². The fourth-order valence-electron chi connectivity index (χ4n) is 3.65. The first-order valence-electron chi connectivity index (χ1n) is 9.26. The predicted molar refractivity (Wildman–Crippen MR) is 97.9 cm³/mol. The first-order valence-corrected chi connectivity index (χ1v) is 9.26. The highest BCUT2D eigenvalue weighted by molar-refractivity contribution is 6.09. The third kappa shape index (κ3) is 3.59. The highest BCUT2D eigenvalue weighted by atomic mass is 19.1. The second-order valence-electron chi connectivity index (χ2n) is 7.03. The molecule has 4 amide bonds. The van der Waals surface area contributed by atoms with Crippen LogP contribution in [0.5, 0.6) is 0 Å². The van der Waals surface area contributed by atoms with E-state index in [1.54, 1.807) is 11.8 Å². The smallest absolute Gasteiger partial charge is 0.319 e. The predicted octanol–water partition coefficient (Wildman–Crippen LogP) is 2.90. The Morgan fingerprint density at radius 3 is 2.56 bits per heavy atom. The maximum absolute atomic E-state index is 13.2. The Morgan fingerprint density at radius 1 is 1.26 bits per heavy atom. The first kappa shape index (κ1) is 19.1. The molecule has 1 aliphatic heterocycles. The van der Waals surface area contributed by atoms with Crippen molar-refractivity contribution in [3.05, 3.63) is 47.4 Å². The lowest BCUT2D eigenvalue weighted by Gasteiger charge is -2.28. The quantitative estimate of drug-likeness (QED) is 0.807. The number of carbonyl (C=O) groups excluding carboxylic acids is 3. The molecule has 1 aliphatic carbocycles. The summed E-state index contributed by atoms with van der Waals surface area (Å²) in [4.78, 5) is 40.7. The van der Waals surface area contributed by atoms with Crippen molar-refractivity contribution >= 4 is 17.8 Å². The Balaban J connectivity index is 1.78. The normalized spacial score (nSPS) is 22.5. The van der Waals surface area contributed by atoms with Crippen molar-refractivity contribution in [2.24, 2.45) is 0 Å². The lowest BCUT2D eigenvalue weighted by atomic mass is 9.92. The van der Waals surface area contributed by atoms with Crippen LogP contribution >= 0.6 is 0 Å². The Bertz CT molecular complexity index is 790. The molecule has 27 heavy (non-hydrogen) atoms. The van der Waals surface area contributed by atoms with E-state index in [2.05, 4.69) is 11.4 Å². The summed E-state index contributed by atoms with van der Waals surface area (Å²) in [5.74, 6) is -1.22. The van der Waals surface area contributed by atoms with E-state index in [9.17, 15) is 18.8 Å². The van der Waals surface area contributed by atoms with E-state index >= 15 is 0 Å². The molecular weight excluding hydrogens is 349 g/mol. The zero-order chi connectivity index (χ0) is 19.6. The molecule has 6 nitrogen and oxygen atoms in total. The van der Waals surface area contributed by atoms with E-state index in [1.807, 2.05) is 6.92 Å². The molecule has 2 aliphatic rings. The minimum absolute atomic E-state index is 0.280. The summed E-state index contributed by atoms with van der Waals surface area (Å²) in [6.07, 6.45) is 5.96. The molecule has 144 valence electrons. The monoisotopic (exact) mass is 373 g/mol. The summed E-state index contributed by atoms with van der Waals surface area (Å²) < 4.78 is 13.2. The maximum Gasteiger partial charge on any atom is 0.325 e. The van der Waals surface area contributed by atoms with Crippen molar-refractivity contribution in [2.45, 2.75) is 45.1 Å².